The number of hydrogen-bond acceptors (Lipinski definition) is 2. The molecule has 1 heterocycles. The summed E-state index contributed by atoms with van der Waals surface area (Å²) in [6, 6.07) is 10.1. The van der Waals surface area contributed by atoms with Crippen molar-refractivity contribution in [3.63, 3.8) is 0 Å². The highest BCUT2D eigenvalue weighted by molar-refractivity contribution is 5.46. The summed E-state index contributed by atoms with van der Waals surface area (Å²) in [7, 11) is 1.68. The first-order valence-corrected chi connectivity index (χ1v) is 6.34. The summed E-state index contributed by atoms with van der Waals surface area (Å²) < 4.78 is 7.36. The molecule has 0 bridgehead atoms. The fourth-order valence-electron chi connectivity index (χ4n) is 1.91. The Hall–Kier alpha value is -1.90. The van der Waals surface area contributed by atoms with Gasteiger partial charge in [0.1, 0.15) is 5.75 Å². The van der Waals surface area contributed by atoms with Gasteiger partial charge in [-0.1, -0.05) is 6.92 Å². The van der Waals surface area contributed by atoms with Crippen LogP contribution in [0.5, 0.6) is 5.75 Å². The largest absolute Gasteiger partial charge is 0.497 e. The Bertz CT molecular complexity index is 473. The van der Waals surface area contributed by atoms with E-state index in [1.165, 1.54) is 12.0 Å². The summed E-state index contributed by atoms with van der Waals surface area (Å²) in [5.74, 6) is 0.884. The summed E-state index contributed by atoms with van der Waals surface area (Å²) in [5, 5.41) is 3.40. The lowest BCUT2D eigenvalue weighted by molar-refractivity contribution is 0.415. The van der Waals surface area contributed by atoms with Crippen molar-refractivity contribution >= 4 is 5.69 Å². The molecule has 0 saturated heterocycles. The third-order valence-corrected chi connectivity index (χ3v) is 2.88. The highest BCUT2D eigenvalue weighted by Gasteiger charge is 1.97. The summed E-state index contributed by atoms with van der Waals surface area (Å²) in [6.07, 6.45) is 5.49. The molecule has 18 heavy (non-hydrogen) atoms. The number of hydrogen-bond donors (Lipinski definition) is 1. The van der Waals surface area contributed by atoms with Crippen LogP contribution in [0.1, 0.15) is 18.9 Å². The number of aromatic nitrogens is 1. The van der Waals surface area contributed by atoms with Crippen molar-refractivity contribution < 1.29 is 4.74 Å². The van der Waals surface area contributed by atoms with Crippen molar-refractivity contribution in [3.05, 3.63) is 48.3 Å². The lowest BCUT2D eigenvalue weighted by Gasteiger charge is -2.06. The molecule has 0 saturated carbocycles. The van der Waals surface area contributed by atoms with Crippen LogP contribution >= 0.6 is 0 Å². The van der Waals surface area contributed by atoms with Gasteiger partial charge in [-0.2, -0.15) is 0 Å². The van der Waals surface area contributed by atoms with Crippen LogP contribution in [0.4, 0.5) is 5.69 Å². The number of nitrogens with one attached hydrogen (secondary N) is 1. The van der Waals surface area contributed by atoms with E-state index >= 15 is 0 Å². The topological polar surface area (TPSA) is 26.2 Å². The first-order valence-electron chi connectivity index (χ1n) is 6.34. The number of anilines is 1. The number of methoxy groups -OCH3 is 1. The number of benzene rings is 1. The minimum atomic E-state index is 0.850. The SMILES string of the molecule is CCCn1ccc(CNc2ccc(OC)cc2)c1. The molecular formula is C15H20N2O. The molecule has 0 amide bonds. The lowest BCUT2D eigenvalue weighted by Crippen LogP contribution is -1.98. The van der Waals surface area contributed by atoms with E-state index in [1.54, 1.807) is 7.11 Å². The second-order valence-corrected chi connectivity index (χ2v) is 4.34. The summed E-state index contributed by atoms with van der Waals surface area (Å²) in [5.41, 5.74) is 2.42. The first kappa shape index (κ1) is 12.6. The van der Waals surface area contributed by atoms with Gasteiger partial charge in [0.05, 0.1) is 7.11 Å². The van der Waals surface area contributed by atoms with E-state index in [9.17, 15) is 0 Å². The Kier molecular flexibility index (Phi) is 4.29. The van der Waals surface area contributed by atoms with Crippen molar-refractivity contribution in [2.45, 2.75) is 26.4 Å². The standard InChI is InChI=1S/C15H20N2O/c1-3-9-17-10-8-13(12-17)11-16-14-4-6-15(18-2)7-5-14/h4-8,10,12,16H,3,9,11H2,1-2H3. The van der Waals surface area contributed by atoms with E-state index < -0.39 is 0 Å². The lowest BCUT2D eigenvalue weighted by atomic mass is 10.3. The predicted octanol–water partition coefficient (Wildman–Crippen LogP) is 3.52. The Morgan fingerprint density at radius 2 is 1.94 bits per heavy atom. The minimum absolute atomic E-state index is 0.850. The average Bonchev–Trinajstić information content (AvgIpc) is 2.85. The quantitative estimate of drug-likeness (QED) is 0.841. The van der Waals surface area contributed by atoms with Crippen molar-refractivity contribution in [2.75, 3.05) is 12.4 Å². The van der Waals surface area contributed by atoms with Crippen LogP contribution in [0.2, 0.25) is 0 Å². The maximum absolute atomic E-state index is 5.13. The average molecular weight is 244 g/mol. The molecule has 0 aliphatic rings. The highest BCUT2D eigenvalue weighted by atomic mass is 16.5. The number of aryl methyl sites for hydroxylation is 1. The Labute approximate surface area is 108 Å². The Balaban J connectivity index is 1.89. The van der Waals surface area contributed by atoms with Crippen LogP contribution < -0.4 is 10.1 Å². The van der Waals surface area contributed by atoms with Crippen LogP contribution in [0.3, 0.4) is 0 Å². The van der Waals surface area contributed by atoms with Gasteiger partial charge in [0.2, 0.25) is 0 Å². The van der Waals surface area contributed by atoms with Crippen molar-refractivity contribution in [1.29, 1.82) is 0 Å². The summed E-state index contributed by atoms with van der Waals surface area (Å²) >= 11 is 0. The van der Waals surface area contributed by atoms with Crippen LogP contribution in [-0.2, 0) is 13.1 Å². The molecule has 3 heteroatoms. The number of nitrogens with zero attached hydrogens (tertiary/aromatic N) is 1. The molecule has 0 unspecified atom stereocenters. The molecule has 1 aromatic heterocycles. The highest BCUT2D eigenvalue weighted by Crippen LogP contribution is 2.15. The first-order chi connectivity index (χ1) is 8.81. The second kappa shape index (κ2) is 6.15. The van der Waals surface area contributed by atoms with Gasteiger partial charge >= 0.3 is 0 Å². The molecule has 3 nitrogen and oxygen atoms in total. The second-order valence-electron chi connectivity index (χ2n) is 4.34. The number of rotatable bonds is 6. The number of ether oxygens (including phenoxy) is 1. The van der Waals surface area contributed by atoms with E-state index in [0.717, 1.165) is 24.5 Å². The zero-order valence-corrected chi connectivity index (χ0v) is 11.0. The predicted molar refractivity (Wildman–Crippen MR) is 75.0 cm³/mol. The van der Waals surface area contributed by atoms with Gasteiger partial charge in [0.25, 0.3) is 0 Å². The fourth-order valence-corrected chi connectivity index (χ4v) is 1.91. The van der Waals surface area contributed by atoms with Gasteiger partial charge in [0, 0.05) is 31.2 Å². The third-order valence-electron chi connectivity index (χ3n) is 2.88. The molecule has 1 N–H and O–H groups in total. The third kappa shape index (κ3) is 3.29. The monoisotopic (exact) mass is 244 g/mol. The molecule has 2 rings (SSSR count). The van der Waals surface area contributed by atoms with Gasteiger partial charge in [-0.3, -0.25) is 0 Å². The Morgan fingerprint density at radius 1 is 1.17 bits per heavy atom. The maximum Gasteiger partial charge on any atom is 0.119 e. The molecule has 2 aromatic rings. The molecular weight excluding hydrogens is 224 g/mol. The van der Waals surface area contributed by atoms with E-state index in [0.29, 0.717) is 0 Å². The zero-order valence-electron chi connectivity index (χ0n) is 11.0. The van der Waals surface area contributed by atoms with Crippen molar-refractivity contribution in [2.24, 2.45) is 0 Å². The summed E-state index contributed by atoms with van der Waals surface area (Å²) in [4.78, 5) is 0. The van der Waals surface area contributed by atoms with E-state index in [4.69, 9.17) is 4.74 Å². The molecule has 0 fully saturated rings. The minimum Gasteiger partial charge on any atom is -0.497 e. The molecule has 0 spiro atoms. The summed E-state index contributed by atoms with van der Waals surface area (Å²) in [6.45, 7) is 4.13. The van der Waals surface area contributed by atoms with Crippen LogP contribution in [0, 0.1) is 0 Å². The molecule has 0 atom stereocenters. The molecule has 96 valence electrons. The molecule has 0 radical (unpaired) electrons. The Morgan fingerprint density at radius 3 is 2.61 bits per heavy atom. The van der Waals surface area contributed by atoms with Gasteiger partial charge in [0.15, 0.2) is 0 Å². The van der Waals surface area contributed by atoms with Crippen LogP contribution in [0.25, 0.3) is 0 Å². The maximum atomic E-state index is 5.13. The van der Waals surface area contributed by atoms with Crippen LogP contribution in [0.15, 0.2) is 42.7 Å². The van der Waals surface area contributed by atoms with Crippen LogP contribution in [-0.4, -0.2) is 11.7 Å². The van der Waals surface area contributed by atoms with E-state index in [-0.39, 0.29) is 0 Å². The zero-order chi connectivity index (χ0) is 12.8. The van der Waals surface area contributed by atoms with E-state index in [1.807, 2.05) is 24.3 Å². The fraction of sp³-hybridized carbons (Fsp3) is 0.333. The molecule has 1 aromatic carbocycles. The molecule has 0 aliphatic heterocycles. The molecule has 0 aliphatic carbocycles. The van der Waals surface area contributed by atoms with Crippen molar-refractivity contribution in [1.82, 2.24) is 4.57 Å². The van der Waals surface area contributed by atoms with Gasteiger partial charge in [-0.25, -0.2) is 0 Å². The van der Waals surface area contributed by atoms with Crippen molar-refractivity contribution in [3.8, 4) is 5.75 Å². The van der Waals surface area contributed by atoms with Gasteiger partial charge < -0.3 is 14.6 Å². The smallest absolute Gasteiger partial charge is 0.119 e. The van der Waals surface area contributed by atoms with E-state index in [2.05, 4.69) is 35.3 Å². The van der Waals surface area contributed by atoms with Gasteiger partial charge in [-0.15, -0.1) is 0 Å². The van der Waals surface area contributed by atoms with Gasteiger partial charge in [-0.05, 0) is 42.3 Å². The normalized spacial score (nSPS) is 10.3.